The quantitative estimate of drug-likeness (QED) is 0.588. The summed E-state index contributed by atoms with van der Waals surface area (Å²) in [5.41, 5.74) is 0.0836. The molecule has 1 aromatic rings. The highest BCUT2D eigenvalue weighted by molar-refractivity contribution is 5.58. The van der Waals surface area contributed by atoms with Gasteiger partial charge >= 0.3 is 0 Å². The highest BCUT2D eigenvalue weighted by atomic mass is 16.3. The molecule has 0 bridgehead atoms. The molecule has 0 aliphatic carbocycles. The summed E-state index contributed by atoms with van der Waals surface area (Å²) in [6.07, 6.45) is 0.725. The number of aliphatic hydroxyl groups is 2. The van der Waals surface area contributed by atoms with Crippen LogP contribution in [0, 0.1) is 6.92 Å². The molecule has 108 valence electrons. The van der Waals surface area contributed by atoms with Crippen molar-refractivity contribution in [2.75, 3.05) is 30.4 Å². The number of aryl methyl sites for hydroxylation is 1. The molecule has 0 aliphatic heterocycles. The lowest BCUT2D eigenvalue weighted by molar-refractivity contribution is 0.147. The Balaban J connectivity index is 3.15. The molecule has 1 rings (SSSR count). The zero-order chi connectivity index (χ0) is 14.5. The van der Waals surface area contributed by atoms with Crippen molar-refractivity contribution in [1.29, 1.82) is 0 Å². The van der Waals surface area contributed by atoms with Crippen LogP contribution >= 0.6 is 0 Å². The lowest BCUT2D eigenvalue weighted by Crippen LogP contribution is -2.43. The number of nitrogens with one attached hydrogen (secondary N) is 2. The standard InChI is InChI=1S/C13H24N4O2/c1-5-10-15-11(14-6-2)9(3)12(16-10)17-13(4,7-18)8-19/h18-19H,5-8H2,1-4H3,(H2,14,15,16,17). The van der Waals surface area contributed by atoms with Crippen molar-refractivity contribution >= 4 is 11.6 Å². The SMILES string of the molecule is CCNc1nc(CC)nc(NC(C)(CO)CO)c1C. The van der Waals surface area contributed by atoms with E-state index in [-0.39, 0.29) is 13.2 Å². The molecular weight excluding hydrogens is 244 g/mol. The van der Waals surface area contributed by atoms with Crippen LogP contribution in [-0.4, -0.2) is 45.5 Å². The van der Waals surface area contributed by atoms with E-state index in [4.69, 9.17) is 0 Å². The number of anilines is 2. The van der Waals surface area contributed by atoms with Gasteiger partial charge in [-0.2, -0.15) is 0 Å². The largest absolute Gasteiger partial charge is 0.394 e. The van der Waals surface area contributed by atoms with E-state index in [9.17, 15) is 10.2 Å². The molecule has 0 radical (unpaired) electrons. The fourth-order valence-electron chi connectivity index (χ4n) is 1.60. The first-order valence-corrected chi connectivity index (χ1v) is 6.61. The lowest BCUT2D eigenvalue weighted by atomic mass is 10.1. The monoisotopic (exact) mass is 268 g/mol. The van der Waals surface area contributed by atoms with Crippen LogP contribution in [0.25, 0.3) is 0 Å². The van der Waals surface area contributed by atoms with Crippen molar-refractivity contribution in [3.05, 3.63) is 11.4 Å². The van der Waals surface area contributed by atoms with Gasteiger partial charge in [0.1, 0.15) is 17.5 Å². The molecule has 1 aromatic heterocycles. The number of nitrogens with zero attached hydrogens (tertiary/aromatic N) is 2. The number of hydrogen-bond donors (Lipinski definition) is 4. The molecule has 6 heteroatoms. The van der Waals surface area contributed by atoms with Gasteiger partial charge in [-0.05, 0) is 20.8 Å². The van der Waals surface area contributed by atoms with Gasteiger partial charge in [-0.3, -0.25) is 0 Å². The average Bonchev–Trinajstić information content (AvgIpc) is 2.43. The minimum Gasteiger partial charge on any atom is -0.394 e. The molecule has 0 aromatic carbocycles. The maximum Gasteiger partial charge on any atom is 0.135 e. The summed E-state index contributed by atoms with van der Waals surface area (Å²) >= 11 is 0. The third-order valence-corrected chi connectivity index (χ3v) is 2.97. The predicted octanol–water partition coefficient (Wildman–Crippen LogP) is 0.934. The minimum absolute atomic E-state index is 0.176. The third kappa shape index (κ3) is 3.78. The highest BCUT2D eigenvalue weighted by Crippen LogP contribution is 2.23. The molecule has 1 heterocycles. The molecule has 0 atom stereocenters. The molecule has 0 unspecified atom stereocenters. The Morgan fingerprint density at radius 3 is 2.16 bits per heavy atom. The van der Waals surface area contributed by atoms with E-state index in [2.05, 4.69) is 20.6 Å². The number of hydrogen-bond acceptors (Lipinski definition) is 6. The summed E-state index contributed by atoms with van der Waals surface area (Å²) in [6, 6.07) is 0. The molecule has 6 nitrogen and oxygen atoms in total. The molecule has 19 heavy (non-hydrogen) atoms. The summed E-state index contributed by atoms with van der Waals surface area (Å²) < 4.78 is 0. The van der Waals surface area contributed by atoms with Crippen LogP contribution in [-0.2, 0) is 6.42 Å². The van der Waals surface area contributed by atoms with Crippen LogP contribution in [0.3, 0.4) is 0 Å². The molecule has 0 saturated heterocycles. The van der Waals surface area contributed by atoms with Gasteiger partial charge in [0.25, 0.3) is 0 Å². The number of aromatic nitrogens is 2. The van der Waals surface area contributed by atoms with Crippen molar-refractivity contribution in [2.24, 2.45) is 0 Å². The van der Waals surface area contributed by atoms with Gasteiger partial charge in [0, 0.05) is 18.5 Å². The maximum absolute atomic E-state index is 9.36. The number of rotatable bonds is 7. The van der Waals surface area contributed by atoms with Gasteiger partial charge in [-0.1, -0.05) is 6.92 Å². The molecular formula is C13H24N4O2. The Morgan fingerprint density at radius 2 is 1.68 bits per heavy atom. The van der Waals surface area contributed by atoms with Crippen LogP contribution in [0.15, 0.2) is 0 Å². The lowest BCUT2D eigenvalue weighted by Gasteiger charge is -2.28. The highest BCUT2D eigenvalue weighted by Gasteiger charge is 2.24. The van der Waals surface area contributed by atoms with E-state index in [0.717, 1.165) is 30.2 Å². The summed E-state index contributed by atoms with van der Waals surface area (Å²) in [7, 11) is 0. The smallest absolute Gasteiger partial charge is 0.135 e. The first-order valence-electron chi connectivity index (χ1n) is 6.61. The maximum atomic E-state index is 9.36. The Kier molecular flexibility index (Phi) is 5.50. The average molecular weight is 268 g/mol. The molecule has 0 saturated carbocycles. The first-order chi connectivity index (χ1) is 8.99. The summed E-state index contributed by atoms with van der Waals surface area (Å²) in [5.74, 6) is 2.16. The normalized spacial score (nSPS) is 11.5. The second kappa shape index (κ2) is 6.68. The Labute approximate surface area is 114 Å². The third-order valence-electron chi connectivity index (χ3n) is 2.97. The van der Waals surface area contributed by atoms with Gasteiger partial charge in [0.15, 0.2) is 0 Å². The topological polar surface area (TPSA) is 90.3 Å². The summed E-state index contributed by atoms with van der Waals surface area (Å²) in [5, 5.41) is 25.0. The van der Waals surface area contributed by atoms with E-state index >= 15 is 0 Å². The fourth-order valence-corrected chi connectivity index (χ4v) is 1.60. The minimum atomic E-state index is -0.798. The van der Waals surface area contributed by atoms with Gasteiger partial charge < -0.3 is 20.8 Å². The van der Waals surface area contributed by atoms with Crippen LogP contribution < -0.4 is 10.6 Å². The van der Waals surface area contributed by atoms with Crippen LogP contribution in [0.4, 0.5) is 11.6 Å². The van der Waals surface area contributed by atoms with Crippen LogP contribution in [0.1, 0.15) is 32.2 Å². The molecule has 4 N–H and O–H groups in total. The van der Waals surface area contributed by atoms with E-state index in [0.29, 0.717) is 5.82 Å². The number of aliphatic hydroxyl groups excluding tert-OH is 2. The van der Waals surface area contributed by atoms with Crippen LogP contribution in [0.5, 0.6) is 0 Å². The molecule has 0 amide bonds. The van der Waals surface area contributed by atoms with E-state index in [1.165, 1.54) is 0 Å². The van der Waals surface area contributed by atoms with Crippen molar-refractivity contribution in [2.45, 2.75) is 39.7 Å². The van der Waals surface area contributed by atoms with E-state index < -0.39 is 5.54 Å². The molecule has 0 aliphatic rings. The Hall–Kier alpha value is -1.40. The van der Waals surface area contributed by atoms with Crippen molar-refractivity contribution in [3.8, 4) is 0 Å². The Bertz CT molecular complexity index is 419. The Morgan fingerprint density at radius 1 is 1.11 bits per heavy atom. The predicted molar refractivity (Wildman–Crippen MR) is 76.5 cm³/mol. The van der Waals surface area contributed by atoms with Crippen molar-refractivity contribution < 1.29 is 10.2 Å². The fraction of sp³-hybridized carbons (Fsp3) is 0.692. The van der Waals surface area contributed by atoms with E-state index in [1.807, 2.05) is 20.8 Å². The van der Waals surface area contributed by atoms with Crippen molar-refractivity contribution in [1.82, 2.24) is 9.97 Å². The second-order valence-electron chi connectivity index (χ2n) is 4.85. The van der Waals surface area contributed by atoms with Gasteiger partial charge in [-0.15, -0.1) is 0 Å². The van der Waals surface area contributed by atoms with Gasteiger partial charge in [0.2, 0.25) is 0 Å². The molecule has 0 spiro atoms. The molecule has 0 fully saturated rings. The van der Waals surface area contributed by atoms with Crippen LogP contribution in [0.2, 0.25) is 0 Å². The zero-order valence-corrected chi connectivity index (χ0v) is 12.1. The van der Waals surface area contributed by atoms with Gasteiger partial charge in [0.05, 0.1) is 18.8 Å². The summed E-state index contributed by atoms with van der Waals surface area (Å²) in [4.78, 5) is 8.87. The second-order valence-corrected chi connectivity index (χ2v) is 4.85. The first kappa shape index (κ1) is 15.7. The van der Waals surface area contributed by atoms with Gasteiger partial charge in [-0.25, -0.2) is 9.97 Å². The van der Waals surface area contributed by atoms with Crippen molar-refractivity contribution in [3.63, 3.8) is 0 Å². The zero-order valence-electron chi connectivity index (χ0n) is 12.1. The van der Waals surface area contributed by atoms with E-state index in [1.54, 1.807) is 6.92 Å². The summed E-state index contributed by atoms with van der Waals surface area (Å²) in [6.45, 7) is 8.07.